The average Bonchev–Trinajstić information content (AvgIpc) is 3.01. The Balaban J connectivity index is 3.25. The van der Waals surface area contributed by atoms with Crippen LogP contribution in [0.2, 0.25) is 0 Å². The van der Waals surface area contributed by atoms with Crippen LogP contribution in [-0.2, 0) is 0 Å². The van der Waals surface area contributed by atoms with E-state index in [-0.39, 0.29) is 0 Å². The van der Waals surface area contributed by atoms with Crippen molar-refractivity contribution in [3.63, 3.8) is 0 Å². The molecule has 0 unspecified atom stereocenters. The summed E-state index contributed by atoms with van der Waals surface area (Å²) in [5, 5.41) is 0. The van der Waals surface area contributed by atoms with E-state index in [0.29, 0.717) is 0 Å². The summed E-state index contributed by atoms with van der Waals surface area (Å²) in [4.78, 5) is 0. The molecule has 0 aliphatic carbocycles. The van der Waals surface area contributed by atoms with Crippen molar-refractivity contribution in [2.45, 2.75) is 251 Å². The fourth-order valence-corrected chi connectivity index (χ4v) is 7.17. The molecule has 0 saturated carbocycles. The molecule has 0 aromatic carbocycles. The van der Waals surface area contributed by atoms with E-state index in [1.54, 1.807) is 0 Å². The molecule has 44 heavy (non-hydrogen) atoms. The molecule has 0 aromatic rings. The predicted molar refractivity (Wildman–Crippen MR) is 204 cm³/mol. The second-order valence-corrected chi connectivity index (χ2v) is 15.8. The van der Waals surface area contributed by atoms with Crippen molar-refractivity contribution in [1.29, 1.82) is 0 Å². The van der Waals surface area contributed by atoms with Gasteiger partial charge in [0, 0.05) is 0 Å². The van der Waals surface area contributed by atoms with Crippen LogP contribution in [0, 0.1) is 0 Å². The maximum Gasteiger partial charge on any atom is 0.0782 e. The Bertz CT molecular complexity index is 497. The van der Waals surface area contributed by atoms with Gasteiger partial charge in [-0.2, -0.15) is 0 Å². The molecule has 0 bridgehead atoms. The van der Waals surface area contributed by atoms with Crippen molar-refractivity contribution in [1.82, 2.24) is 0 Å². The first kappa shape index (κ1) is 44.0. The Morgan fingerprint density at radius 1 is 0.205 bits per heavy atom. The second-order valence-electron chi connectivity index (χ2n) is 15.8. The highest BCUT2D eigenvalue weighted by Crippen LogP contribution is 2.17. The molecule has 1 heteroatoms. The number of hydrogen-bond acceptors (Lipinski definition) is 0. The van der Waals surface area contributed by atoms with Gasteiger partial charge in [0.15, 0.2) is 0 Å². The topological polar surface area (TPSA) is 0 Å². The molecule has 0 aliphatic heterocycles. The largest absolute Gasteiger partial charge is 0.328 e. The van der Waals surface area contributed by atoms with Crippen LogP contribution in [0.3, 0.4) is 0 Å². The first-order valence-corrected chi connectivity index (χ1v) is 21.4. The predicted octanol–water partition coefficient (Wildman–Crippen LogP) is 15.5. The highest BCUT2D eigenvalue weighted by Gasteiger charge is 2.13. The molecule has 0 spiro atoms. The van der Waals surface area contributed by atoms with Gasteiger partial charge >= 0.3 is 0 Å². The van der Waals surface area contributed by atoms with Crippen LogP contribution in [0.4, 0.5) is 0 Å². The minimum atomic E-state index is 1.25. The number of quaternary nitrogens is 1. The Kier molecular flexibility index (Phi) is 37.4. The molecule has 0 atom stereocenters. The van der Waals surface area contributed by atoms with E-state index < -0.39 is 0 Å². The van der Waals surface area contributed by atoms with E-state index in [1.807, 2.05) is 0 Å². The lowest BCUT2D eigenvalue weighted by molar-refractivity contribution is -0.890. The normalized spacial score (nSPS) is 12.0. The lowest BCUT2D eigenvalue weighted by Crippen LogP contribution is -2.41. The quantitative estimate of drug-likeness (QED) is 0.0473. The first-order chi connectivity index (χ1) is 21.6. The van der Waals surface area contributed by atoms with Crippen LogP contribution < -0.4 is 0 Å². The maximum atomic E-state index is 2.47. The van der Waals surface area contributed by atoms with Gasteiger partial charge in [-0.1, -0.05) is 226 Å². The van der Waals surface area contributed by atoms with Gasteiger partial charge < -0.3 is 4.48 Å². The van der Waals surface area contributed by atoms with Crippen molar-refractivity contribution in [2.75, 3.05) is 27.2 Å². The maximum absolute atomic E-state index is 2.47. The van der Waals surface area contributed by atoms with Gasteiger partial charge in [-0.15, -0.1) is 0 Å². The number of hydrogen-bond donors (Lipinski definition) is 0. The van der Waals surface area contributed by atoms with E-state index in [2.05, 4.69) is 27.9 Å². The summed E-state index contributed by atoms with van der Waals surface area (Å²) in [6.07, 6.45) is 54.4. The fraction of sp³-hybridized carbons (Fsp3) is 1.00. The highest BCUT2D eigenvalue weighted by molar-refractivity contribution is 4.53. The summed E-state index contributed by atoms with van der Waals surface area (Å²) >= 11 is 0. The minimum Gasteiger partial charge on any atom is -0.328 e. The van der Waals surface area contributed by atoms with Crippen LogP contribution in [0.25, 0.3) is 0 Å². The van der Waals surface area contributed by atoms with Crippen molar-refractivity contribution in [2.24, 2.45) is 0 Å². The zero-order chi connectivity index (χ0) is 32.1. The minimum absolute atomic E-state index is 1.25. The van der Waals surface area contributed by atoms with Gasteiger partial charge in [-0.25, -0.2) is 0 Å². The van der Waals surface area contributed by atoms with Crippen LogP contribution in [0.15, 0.2) is 0 Å². The fourth-order valence-electron chi connectivity index (χ4n) is 7.17. The van der Waals surface area contributed by atoms with Crippen LogP contribution >= 0.6 is 0 Å². The highest BCUT2D eigenvalue weighted by atomic mass is 15.3. The number of unbranched alkanes of at least 4 members (excludes halogenated alkanes) is 35. The molecule has 0 N–H and O–H groups in total. The lowest BCUT2D eigenvalue weighted by atomic mass is 10.0. The van der Waals surface area contributed by atoms with Gasteiger partial charge in [0.25, 0.3) is 0 Å². The molecule has 0 rings (SSSR count). The molecule has 0 fully saturated rings. The third kappa shape index (κ3) is 38.1. The number of nitrogens with zero attached hydrogens (tertiary/aromatic N) is 1. The molecule has 0 heterocycles. The van der Waals surface area contributed by atoms with Crippen molar-refractivity contribution >= 4 is 0 Å². The summed E-state index contributed by atoms with van der Waals surface area (Å²) in [6, 6.07) is 0. The van der Waals surface area contributed by atoms with Gasteiger partial charge in [0.05, 0.1) is 27.2 Å². The molecule has 0 aliphatic rings. The van der Waals surface area contributed by atoms with E-state index in [0.717, 1.165) is 0 Å². The zero-order valence-electron chi connectivity index (χ0n) is 32.0. The summed E-state index contributed by atoms with van der Waals surface area (Å²) in [5.74, 6) is 0. The summed E-state index contributed by atoms with van der Waals surface area (Å²) in [5.41, 5.74) is 0. The molecule has 0 radical (unpaired) electrons. The van der Waals surface area contributed by atoms with Gasteiger partial charge in [0.2, 0.25) is 0 Å². The van der Waals surface area contributed by atoms with E-state index in [9.17, 15) is 0 Å². The summed E-state index contributed by atoms with van der Waals surface area (Å²) < 4.78 is 1.25. The number of rotatable bonds is 39. The van der Waals surface area contributed by atoms with Crippen LogP contribution in [0.1, 0.15) is 251 Å². The van der Waals surface area contributed by atoms with Crippen molar-refractivity contribution in [3.8, 4) is 0 Å². The summed E-state index contributed by atoms with van der Waals surface area (Å²) in [6.45, 7) is 7.39. The Morgan fingerprint density at radius 3 is 0.500 bits per heavy atom. The van der Waals surface area contributed by atoms with E-state index in [1.165, 1.54) is 255 Å². The van der Waals surface area contributed by atoms with Gasteiger partial charge in [0.1, 0.15) is 0 Å². The smallest absolute Gasteiger partial charge is 0.0782 e. The second kappa shape index (κ2) is 37.4. The van der Waals surface area contributed by atoms with Crippen molar-refractivity contribution < 1.29 is 4.48 Å². The van der Waals surface area contributed by atoms with E-state index in [4.69, 9.17) is 0 Å². The van der Waals surface area contributed by atoms with Crippen molar-refractivity contribution in [3.05, 3.63) is 0 Å². The molecule has 0 amide bonds. The molecular weight excluding hydrogens is 530 g/mol. The molecule has 0 saturated heterocycles. The molecular formula is C43H90N+. The third-order valence-electron chi connectivity index (χ3n) is 10.5. The molecule has 0 aromatic heterocycles. The van der Waals surface area contributed by atoms with E-state index >= 15 is 0 Å². The first-order valence-electron chi connectivity index (χ1n) is 21.4. The van der Waals surface area contributed by atoms with Crippen LogP contribution in [-0.4, -0.2) is 31.7 Å². The SMILES string of the molecule is CCCCCCCCCCCCCCCCCCCCCC[N+](C)(C)CCCCCCCCCCCCCCCCCCC. The monoisotopic (exact) mass is 621 g/mol. The van der Waals surface area contributed by atoms with Gasteiger partial charge in [-0.05, 0) is 25.7 Å². The third-order valence-corrected chi connectivity index (χ3v) is 10.5. The molecule has 1 nitrogen and oxygen atoms in total. The standard InChI is InChI=1S/C43H90N/c1-5-7-9-11-13-15-17-19-21-23-24-25-27-29-31-33-35-37-39-41-43-44(3,4)42-40-38-36-34-32-30-28-26-22-20-18-16-14-12-10-8-6-2/h5-43H2,1-4H3/q+1. The Morgan fingerprint density at radius 2 is 0.341 bits per heavy atom. The zero-order valence-corrected chi connectivity index (χ0v) is 32.0. The summed E-state index contributed by atoms with van der Waals surface area (Å²) in [7, 11) is 4.95. The lowest BCUT2D eigenvalue weighted by Gasteiger charge is -2.30. The average molecular weight is 621 g/mol. The Labute approximate surface area is 282 Å². The van der Waals surface area contributed by atoms with Gasteiger partial charge in [-0.3, -0.25) is 0 Å². The molecule has 266 valence electrons. The Hall–Kier alpha value is -0.0400. The van der Waals surface area contributed by atoms with Crippen LogP contribution in [0.5, 0.6) is 0 Å².